The molecule has 0 aliphatic heterocycles. The van der Waals surface area contributed by atoms with Gasteiger partial charge in [0.15, 0.2) is 0 Å². The van der Waals surface area contributed by atoms with Crippen LogP contribution in [-0.2, 0) is 5.41 Å². The third kappa shape index (κ3) is 6.68. The molecule has 1 heterocycles. The third-order valence-electron chi connectivity index (χ3n) is 15.4. The molecule has 2 aliphatic carbocycles. The van der Waals surface area contributed by atoms with Gasteiger partial charge in [0.25, 0.3) is 0 Å². The molecule has 0 amide bonds. The summed E-state index contributed by atoms with van der Waals surface area (Å²) in [6.45, 7) is 14.7. The first-order valence-corrected chi connectivity index (χ1v) is 32.4. The van der Waals surface area contributed by atoms with E-state index >= 15 is 0 Å². The van der Waals surface area contributed by atoms with Crippen LogP contribution in [0.5, 0.6) is 0 Å². The van der Waals surface area contributed by atoms with Crippen molar-refractivity contribution in [1.82, 2.24) is 4.57 Å². The smallest absolute Gasteiger partial charge is 0.0776 e. The van der Waals surface area contributed by atoms with E-state index in [1.54, 1.807) is 0 Å². The van der Waals surface area contributed by atoms with Gasteiger partial charge >= 0.3 is 0 Å². The Morgan fingerprint density at radius 1 is 0.361 bits per heavy atom. The third-order valence-corrected chi connectivity index (χ3v) is 19.5. The van der Waals surface area contributed by atoms with Gasteiger partial charge in [-0.05, 0) is 118 Å². The first-order chi connectivity index (χ1) is 35.0. The van der Waals surface area contributed by atoms with Crippen molar-refractivity contribution in [1.29, 1.82) is 0 Å². The van der Waals surface area contributed by atoms with E-state index in [1.807, 2.05) is 0 Å². The average molecular weight is 960 g/mol. The molecule has 1 spiro atoms. The normalized spacial score (nSPS) is 13.2. The van der Waals surface area contributed by atoms with Gasteiger partial charge in [0, 0.05) is 50.5 Å². The minimum Gasteiger partial charge on any atom is -0.310 e. The van der Waals surface area contributed by atoms with Gasteiger partial charge < -0.3 is 14.4 Å². The number of benzene rings is 10. The second kappa shape index (κ2) is 16.6. The van der Waals surface area contributed by atoms with Crippen molar-refractivity contribution >= 4 is 82.5 Å². The second-order valence-electron chi connectivity index (χ2n) is 21.7. The summed E-state index contributed by atoms with van der Waals surface area (Å²) in [4.78, 5) is 5.02. The highest BCUT2D eigenvalue weighted by Gasteiger charge is 2.53. The van der Waals surface area contributed by atoms with E-state index in [2.05, 4.69) is 290 Å². The molecule has 1 aromatic heterocycles. The number of fused-ring (bicyclic) bond motifs is 14. The number of rotatable bonds is 9. The lowest BCUT2D eigenvalue weighted by Gasteiger charge is -2.33. The number of nitrogens with zero attached hydrogens (tertiary/aromatic N) is 3. The molecule has 0 N–H and O–H groups in total. The van der Waals surface area contributed by atoms with Gasteiger partial charge in [0.1, 0.15) is 0 Å². The van der Waals surface area contributed by atoms with E-state index in [-0.39, 0.29) is 0 Å². The molecule has 5 heteroatoms. The monoisotopic (exact) mass is 959 g/mol. The molecule has 348 valence electrons. The standard InChI is InChI=1S/C67H57N3Si2/c1-71(2,3)52-32-22-30-49(42-52)68(46-24-10-7-11-25-46)51-40-41-57-62(44-51)70(48-28-14-9-15-29-48)66-64-56-36-18-21-39-60(56)67(58-37-19-16-34-54(58)55-35-17-20-38-59(55)67)61(64)45-63(65(57)66)69(47-26-12-8-13-27-47)50-31-23-33-53(43-50)72(4,5)6/h7-45H,1-6H3. The predicted molar refractivity (Wildman–Crippen MR) is 312 cm³/mol. The second-order valence-corrected chi connectivity index (χ2v) is 31.9. The summed E-state index contributed by atoms with van der Waals surface area (Å²) in [5.41, 5.74) is 20.2. The van der Waals surface area contributed by atoms with Gasteiger partial charge in [0.2, 0.25) is 0 Å². The Hall–Kier alpha value is -7.97. The quantitative estimate of drug-likeness (QED) is 0.134. The summed E-state index contributed by atoms with van der Waals surface area (Å²) in [5.74, 6) is 0. The number of hydrogen-bond acceptors (Lipinski definition) is 2. The Labute approximate surface area is 425 Å². The molecule has 0 fully saturated rings. The summed E-state index contributed by atoms with van der Waals surface area (Å²) >= 11 is 0. The van der Waals surface area contributed by atoms with E-state index in [1.165, 1.54) is 71.2 Å². The molecule has 3 nitrogen and oxygen atoms in total. The Morgan fingerprint density at radius 3 is 1.36 bits per heavy atom. The van der Waals surface area contributed by atoms with E-state index in [0.29, 0.717) is 0 Å². The first-order valence-electron chi connectivity index (χ1n) is 25.4. The average Bonchev–Trinajstić information content (AvgIpc) is 4.01. The van der Waals surface area contributed by atoms with E-state index < -0.39 is 21.6 Å². The Bertz CT molecular complexity index is 3850. The van der Waals surface area contributed by atoms with Crippen molar-refractivity contribution < 1.29 is 0 Å². The van der Waals surface area contributed by atoms with Crippen LogP contribution in [0.3, 0.4) is 0 Å². The van der Waals surface area contributed by atoms with Crippen LogP contribution in [0.15, 0.2) is 237 Å². The molecule has 0 unspecified atom stereocenters. The lowest BCUT2D eigenvalue weighted by Crippen LogP contribution is -2.37. The topological polar surface area (TPSA) is 11.4 Å². The van der Waals surface area contributed by atoms with Crippen LogP contribution in [0.1, 0.15) is 22.3 Å². The zero-order valence-corrected chi connectivity index (χ0v) is 43.9. The molecule has 0 atom stereocenters. The van der Waals surface area contributed by atoms with Gasteiger partial charge in [-0.1, -0.05) is 207 Å². The minimum absolute atomic E-state index is 0.570. The largest absolute Gasteiger partial charge is 0.310 e. The summed E-state index contributed by atoms with van der Waals surface area (Å²) in [6.07, 6.45) is 0. The maximum Gasteiger partial charge on any atom is 0.0776 e. The minimum atomic E-state index is -1.74. The van der Waals surface area contributed by atoms with Gasteiger partial charge in [-0.25, -0.2) is 0 Å². The molecular weight excluding hydrogens is 903 g/mol. The molecule has 0 saturated heterocycles. The highest BCUT2D eigenvalue weighted by molar-refractivity contribution is 6.89. The van der Waals surface area contributed by atoms with Crippen LogP contribution >= 0.6 is 0 Å². The summed E-state index contributed by atoms with van der Waals surface area (Å²) in [7, 11) is -3.39. The van der Waals surface area contributed by atoms with Crippen LogP contribution in [0.2, 0.25) is 39.3 Å². The van der Waals surface area contributed by atoms with Crippen molar-refractivity contribution in [3.05, 3.63) is 259 Å². The zero-order valence-electron chi connectivity index (χ0n) is 41.9. The van der Waals surface area contributed by atoms with Crippen molar-refractivity contribution in [2.45, 2.75) is 44.7 Å². The molecule has 13 rings (SSSR count). The molecule has 11 aromatic rings. The van der Waals surface area contributed by atoms with Crippen LogP contribution in [-0.4, -0.2) is 20.7 Å². The van der Waals surface area contributed by atoms with Gasteiger partial charge in [-0.2, -0.15) is 0 Å². The molecular formula is C67H57N3Si2. The number of anilines is 6. The zero-order chi connectivity index (χ0) is 48.9. The maximum absolute atomic E-state index is 2.60. The summed E-state index contributed by atoms with van der Waals surface area (Å²) in [6, 6.07) is 89.3. The lowest BCUT2D eigenvalue weighted by molar-refractivity contribution is 0.794. The number of para-hydroxylation sites is 3. The molecule has 0 saturated carbocycles. The van der Waals surface area contributed by atoms with Crippen LogP contribution < -0.4 is 20.2 Å². The van der Waals surface area contributed by atoms with E-state index in [4.69, 9.17) is 0 Å². The van der Waals surface area contributed by atoms with Gasteiger partial charge in [0.05, 0.1) is 38.3 Å². The van der Waals surface area contributed by atoms with Crippen LogP contribution in [0.4, 0.5) is 34.1 Å². The fraction of sp³-hybridized carbons (Fsp3) is 0.104. The number of aromatic nitrogens is 1. The Morgan fingerprint density at radius 2 is 0.806 bits per heavy atom. The Kier molecular flexibility index (Phi) is 10.1. The molecule has 2 aliphatic rings. The Balaban J connectivity index is 1.23. The van der Waals surface area contributed by atoms with Crippen molar-refractivity contribution in [3.63, 3.8) is 0 Å². The predicted octanol–water partition coefficient (Wildman–Crippen LogP) is 17.2. The van der Waals surface area contributed by atoms with Crippen molar-refractivity contribution in [2.24, 2.45) is 0 Å². The fourth-order valence-electron chi connectivity index (χ4n) is 12.2. The summed E-state index contributed by atoms with van der Waals surface area (Å²) < 4.78 is 2.60. The molecule has 0 radical (unpaired) electrons. The number of hydrogen-bond donors (Lipinski definition) is 0. The van der Waals surface area contributed by atoms with Crippen molar-refractivity contribution in [2.75, 3.05) is 9.80 Å². The molecule has 0 bridgehead atoms. The van der Waals surface area contributed by atoms with Crippen LogP contribution in [0, 0.1) is 0 Å². The molecule has 72 heavy (non-hydrogen) atoms. The van der Waals surface area contributed by atoms with Gasteiger partial charge in [-0.3, -0.25) is 0 Å². The van der Waals surface area contributed by atoms with E-state index in [0.717, 1.165) is 45.3 Å². The van der Waals surface area contributed by atoms with Gasteiger partial charge in [-0.15, -0.1) is 0 Å². The maximum atomic E-state index is 2.60. The fourth-order valence-corrected chi connectivity index (χ4v) is 14.5. The van der Waals surface area contributed by atoms with Crippen LogP contribution in [0.25, 0.3) is 49.7 Å². The van der Waals surface area contributed by atoms with E-state index in [9.17, 15) is 0 Å². The molecule has 10 aromatic carbocycles. The first kappa shape index (κ1) is 44.0. The lowest BCUT2D eigenvalue weighted by atomic mass is 9.70. The summed E-state index contributed by atoms with van der Waals surface area (Å²) in [5, 5.41) is 5.28. The van der Waals surface area contributed by atoms with Crippen molar-refractivity contribution in [3.8, 4) is 27.9 Å². The SMILES string of the molecule is C[Si](C)(C)c1cccc(N(c2ccccc2)c2ccc3c4c(N(c5ccccc5)c5cccc([Si](C)(C)C)c5)cc5c(c4n(-c4ccccc4)c3c2)-c2ccccc2C52c3ccccc3-c3ccccc32)c1. The highest BCUT2D eigenvalue weighted by Crippen LogP contribution is 2.65. The highest BCUT2D eigenvalue weighted by atomic mass is 28.3.